The summed E-state index contributed by atoms with van der Waals surface area (Å²) in [6.07, 6.45) is 0. The Morgan fingerprint density at radius 3 is 1.36 bits per heavy atom. The third-order valence-corrected chi connectivity index (χ3v) is 8.92. The van der Waals surface area contributed by atoms with Crippen LogP contribution in [0.3, 0.4) is 0 Å². The molecule has 5 rings (SSSR count). The van der Waals surface area contributed by atoms with E-state index in [2.05, 4.69) is 14.7 Å². The Kier molecular flexibility index (Phi) is 13.7. The summed E-state index contributed by atoms with van der Waals surface area (Å²) in [5.41, 5.74) is -3.84. The predicted octanol–water partition coefficient (Wildman–Crippen LogP) is 2.02. The molecule has 2 aliphatic heterocycles. The molecule has 0 radical (unpaired) electrons. The Hall–Kier alpha value is -3.46. The lowest BCUT2D eigenvalue weighted by Crippen LogP contribution is -2.54. The molecule has 0 saturated carbocycles. The molecule has 2 unspecified atom stereocenters. The number of aliphatic hydroxyl groups is 3. The average molecular weight is 696 g/mol. The third kappa shape index (κ3) is 11.5. The van der Waals surface area contributed by atoms with Crippen LogP contribution in [-0.4, -0.2) is 160 Å². The van der Waals surface area contributed by atoms with Gasteiger partial charge in [0.25, 0.3) is 0 Å². The van der Waals surface area contributed by atoms with Crippen LogP contribution < -0.4 is 18.9 Å². The number of hydrogen-bond donors (Lipinski definition) is 3. The lowest BCUT2D eigenvalue weighted by molar-refractivity contribution is -0.0848. The summed E-state index contributed by atoms with van der Waals surface area (Å²) in [7, 11) is 3.14. The summed E-state index contributed by atoms with van der Waals surface area (Å²) in [5, 5.41) is 35.3. The molecular formula is C38H53N3O9. The van der Waals surface area contributed by atoms with Gasteiger partial charge in [-0.2, -0.15) is 0 Å². The highest BCUT2D eigenvalue weighted by atomic mass is 16.6. The fourth-order valence-corrected chi connectivity index (χ4v) is 6.42. The van der Waals surface area contributed by atoms with Crippen molar-refractivity contribution in [3.63, 3.8) is 0 Å². The number of methoxy groups -OCH3 is 2. The van der Waals surface area contributed by atoms with Gasteiger partial charge in [-0.05, 0) is 36.4 Å². The smallest absolute Gasteiger partial charge is 0.161 e. The van der Waals surface area contributed by atoms with Gasteiger partial charge in [-0.25, -0.2) is 0 Å². The lowest BCUT2D eigenvalue weighted by atomic mass is 10.1. The largest absolute Gasteiger partial charge is 0.490 e. The normalized spacial score (nSPS) is 19.9. The molecule has 2 atom stereocenters. The monoisotopic (exact) mass is 695 g/mol. The molecule has 12 nitrogen and oxygen atoms in total. The number of benzene rings is 3. The molecule has 274 valence electrons. The molecule has 2 heterocycles. The van der Waals surface area contributed by atoms with E-state index in [1.165, 1.54) is 0 Å². The van der Waals surface area contributed by atoms with Gasteiger partial charge in [-0.1, -0.05) is 48.5 Å². The molecule has 0 spiro atoms. The van der Waals surface area contributed by atoms with Gasteiger partial charge in [0.15, 0.2) is 11.5 Å². The summed E-state index contributed by atoms with van der Waals surface area (Å²) in [6.45, 7) is 5.02. The summed E-state index contributed by atoms with van der Waals surface area (Å²) >= 11 is 0. The van der Waals surface area contributed by atoms with Crippen molar-refractivity contribution in [1.29, 1.82) is 0 Å². The van der Waals surface area contributed by atoms with E-state index in [4.69, 9.17) is 28.4 Å². The molecule has 3 aromatic carbocycles. The topological polar surface area (TPSA) is 126 Å². The van der Waals surface area contributed by atoms with E-state index in [0.717, 1.165) is 0 Å². The number of fused-ring (bicyclic) bond motifs is 1. The molecule has 50 heavy (non-hydrogen) atoms. The van der Waals surface area contributed by atoms with Crippen molar-refractivity contribution < 1.29 is 43.7 Å². The van der Waals surface area contributed by atoms with Crippen molar-refractivity contribution in [2.24, 2.45) is 0 Å². The van der Waals surface area contributed by atoms with Gasteiger partial charge in [-0.15, -0.1) is 0 Å². The maximum Gasteiger partial charge on any atom is 0.161 e. The lowest BCUT2D eigenvalue weighted by Gasteiger charge is -2.36. The molecule has 3 N–H and O–H groups in total. The summed E-state index contributed by atoms with van der Waals surface area (Å²) in [4.78, 5) is 6.57. The molecule has 0 amide bonds. The Morgan fingerprint density at radius 1 is 0.580 bits per heavy atom. The van der Waals surface area contributed by atoms with Crippen molar-refractivity contribution in [3.8, 4) is 23.0 Å². The number of hydrogen-bond acceptors (Lipinski definition) is 12. The molecule has 1 saturated heterocycles. The quantitative estimate of drug-likeness (QED) is 0.203. The van der Waals surface area contributed by atoms with Crippen LogP contribution in [0.1, 0.15) is 0 Å². The predicted molar refractivity (Wildman–Crippen MR) is 189 cm³/mol. The van der Waals surface area contributed by atoms with Crippen molar-refractivity contribution in [2.45, 2.75) is 16.8 Å². The fourth-order valence-electron chi connectivity index (χ4n) is 6.42. The maximum absolute atomic E-state index is 11.8. The van der Waals surface area contributed by atoms with Gasteiger partial charge in [0.05, 0.1) is 13.2 Å². The molecule has 12 heteroatoms. The van der Waals surface area contributed by atoms with Crippen LogP contribution >= 0.6 is 0 Å². The van der Waals surface area contributed by atoms with Gasteiger partial charge < -0.3 is 43.7 Å². The summed E-state index contributed by atoms with van der Waals surface area (Å²) in [5.74, 6) is 2.55. The first-order valence-corrected chi connectivity index (χ1v) is 17.2. The van der Waals surface area contributed by atoms with Crippen LogP contribution in [0.2, 0.25) is 0 Å². The fraction of sp³-hybridized carbons (Fsp3) is 0.526. The minimum absolute atomic E-state index is 0.0498. The molecule has 2 aliphatic rings. The Morgan fingerprint density at radius 2 is 0.960 bits per heavy atom. The van der Waals surface area contributed by atoms with Crippen LogP contribution in [0.25, 0.3) is 0 Å². The second-order valence-electron chi connectivity index (χ2n) is 13.6. The number of para-hydroxylation sites is 4. The standard InChI is InChI=1S/C38H53N3O9/c1-45-26-36(42,28-47-32-11-5-3-6-12-32)23-39-17-18-40(24-37(43,27-46-2)29-48-33-13-7-4-8-14-33)20-22-41(21-19-39)25-38(44)30-49-34-15-9-10-16-35(34)50-31-38/h3-16,42-44H,17-31H2,1-2H3. The van der Waals surface area contributed by atoms with E-state index in [-0.39, 0.29) is 39.6 Å². The van der Waals surface area contributed by atoms with Crippen molar-refractivity contribution >= 4 is 0 Å². The average Bonchev–Trinajstić information content (AvgIpc) is 3.23. The van der Waals surface area contributed by atoms with E-state index in [1.807, 2.05) is 84.9 Å². The van der Waals surface area contributed by atoms with E-state index in [0.29, 0.717) is 81.9 Å². The van der Waals surface area contributed by atoms with Crippen LogP contribution in [0.15, 0.2) is 84.9 Å². The Balaban J connectivity index is 1.31. The van der Waals surface area contributed by atoms with Crippen molar-refractivity contribution in [1.82, 2.24) is 14.7 Å². The number of β-amino-alcohol motifs (C(OH)–C–C–N with tert-alkyl or cyclic N) is 3. The second kappa shape index (κ2) is 18.2. The molecule has 0 aliphatic carbocycles. The van der Waals surface area contributed by atoms with Gasteiger partial charge in [0.2, 0.25) is 0 Å². The molecule has 0 bridgehead atoms. The molecule has 1 fully saturated rings. The van der Waals surface area contributed by atoms with Gasteiger partial charge >= 0.3 is 0 Å². The van der Waals surface area contributed by atoms with Gasteiger partial charge in [0.1, 0.15) is 54.7 Å². The maximum atomic E-state index is 11.8. The minimum Gasteiger partial charge on any atom is -0.490 e. The first-order chi connectivity index (χ1) is 24.2. The van der Waals surface area contributed by atoms with Gasteiger partial charge in [0, 0.05) is 73.1 Å². The van der Waals surface area contributed by atoms with Crippen LogP contribution in [-0.2, 0) is 9.47 Å². The first kappa shape index (κ1) is 37.8. The molecule has 0 aromatic heterocycles. The highest BCUT2D eigenvalue weighted by Gasteiger charge is 2.37. The van der Waals surface area contributed by atoms with E-state index < -0.39 is 16.8 Å². The van der Waals surface area contributed by atoms with Crippen molar-refractivity contribution in [3.05, 3.63) is 84.9 Å². The Bertz CT molecular complexity index is 1320. The SMILES string of the molecule is COCC(O)(COc1ccccc1)CN1CCN(CC(O)(COC)COc2ccccc2)CCN(CC2(O)COc3ccccc3OC2)CC1. The van der Waals surface area contributed by atoms with Crippen molar-refractivity contribution in [2.75, 3.05) is 113 Å². The highest BCUT2D eigenvalue weighted by molar-refractivity contribution is 5.40. The zero-order valence-corrected chi connectivity index (χ0v) is 29.3. The number of ether oxygens (including phenoxy) is 6. The van der Waals surface area contributed by atoms with Crippen LogP contribution in [0.4, 0.5) is 0 Å². The molecule has 3 aromatic rings. The number of nitrogens with zero attached hydrogens (tertiary/aromatic N) is 3. The summed E-state index contributed by atoms with van der Waals surface area (Å²) < 4.78 is 34.9. The van der Waals surface area contributed by atoms with Gasteiger partial charge in [-0.3, -0.25) is 14.7 Å². The first-order valence-electron chi connectivity index (χ1n) is 17.2. The second-order valence-corrected chi connectivity index (χ2v) is 13.6. The molecular weight excluding hydrogens is 642 g/mol. The zero-order valence-electron chi connectivity index (χ0n) is 29.3. The van der Waals surface area contributed by atoms with E-state index in [9.17, 15) is 15.3 Å². The van der Waals surface area contributed by atoms with E-state index >= 15 is 0 Å². The zero-order chi connectivity index (χ0) is 35.3. The third-order valence-electron chi connectivity index (χ3n) is 8.92. The highest BCUT2D eigenvalue weighted by Crippen LogP contribution is 2.31. The van der Waals surface area contributed by atoms with Crippen LogP contribution in [0, 0.1) is 0 Å². The minimum atomic E-state index is -1.29. The summed E-state index contributed by atoms with van der Waals surface area (Å²) in [6, 6.07) is 26.3. The number of rotatable bonds is 16. The van der Waals surface area contributed by atoms with E-state index in [1.54, 1.807) is 14.2 Å². The van der Waals surface area contributed by atoms with Crippen LogP contribution in [0.5, 0.6) is 23.0 Å². The Labute approximate surface area is 295 Å².